The number of allylic oxidation sites excluding steroid dienone is 2. The molecular weight excluding hydrogens is 358 g/mol. The average molecular weight is 371 g/mol. The first-order valence-corrected chi connectivity index (χ1v) is 8.50. The number of amides is 1. The molecule has 0 atom stereocenters. The summed E-state index contributed by atoms with van der Waals surface area (Å²) in [4.78, 5) is 26.5. The van der Waals surface area contributed by atoms with Crippen molar-refractivity contribution in [3.05, 3.63) is 71.0 Å². The number of hydrogen-bond acceptors (Lipinski definition) is 6. The van der Waals surface area contributed by atoms with Gasteiger partial charge < -0.3 is 9.15 Å². The van der Waals surface area contributed by atoms with Crippen LogP contribution < -0.4 is 4.90 Å². The second-order valence-corrected chi connectivity index (χ2v) is 6.60. The molecule has 1 fully saturated rings. The van der Waals surface area contributed by atoms with Gasteiger partial charge in [0.15, 0.2) is 4.32 Å². The van der Waals surface area contributed by atoms with Crippen molar-refractivity contribution in [2.45, 2.75) is 0 Å². The summed E-state index contributed by atoms with van der Waals surface area (Å²) in [5.74, 6) is -0.121. The summed E-state index contributed by atoms with van der Waals surface area (Å²) in [6.45, 7) is 0. The number of thiocarbonyl (C=S) groups is 1. The number of furan rings is 1. The van der Waals surface area contributed by atoms with Crippen LogP contribution in [0.4, 0.5) is 5.69 Å². The van der Waals surface area contributed by atoms with E-state index < -0.39 is 5.97 Å². The lowest BCUT2D eigenvalue weighted by atomic mass is 10.1. The van der Waals surface area contributed by atoms with E-state index in [0.717, 1.165) is 0 Å². The summed E-state index contributed by atoms with van der Waals surface area (Å²) in [5, 5.41) is 0. The Bertz CT molecular complexity index is 884. The highest BCUT2D eigenvalue weighted by atomic mass is 32.2. The molecule has 1 aromatic heterocycles. The molecule has 25 heavy (non-hydrogen) atoms. The SMILES string of the molecule is COC(=O)c1ccccc1N1C(=O)/C(=C\C=C\c2ccco2)SC1=S. The van der Waals surface area contributed by atoms with Gasteiger partial charge in [0.1, 0.15) is 5.76 Å². The topological polar surface area (TPSA) is 59.8 Å². The Labute approximate surface area is 153 Å². The van der Waals surface area contributed by atoms with E-state index in [2.05, 4.69) is 0 Å². The third-order valence-electron chi connectivity index (χ3n) is 3.40. The van der Waals surface area contributed by atoms with Crippen LogP contribution in [0, 0.1) is 0 Å². The Hall–Kier alpha value is -2.64. The molecule has 2 aromatic rings. The van der Waals surface area contributed by atoms with Crippen LogP contribution in [0.15, 0.2) is 64.1 Å². The molecule has 0 aliphatic carbocycles. The number of thioether (sulfide) groups is 1. The normalized spacial score (nSPS) is 16.2. The maximum absolute atomic E-state index is 12.7. The molecule has 0 N–H and O–H groups in total. The number of ether oxygens (including phenoxy) is 1. The minimum absolute atomic E-state index is 0.282. The van der Waals surface area contributed by atoms with Gasteiger partial charge in [-0.1, -0.05) is 42.2 Å². The van der Waals surface area contributed by atoms with E-state index in [1.807, 2.05) is 6.07 Å². The second kappa shape index (κ2) is 7.50. The summed E-state index contributed by atoms with van der Waals surface area (Å²) in [7, 11) is 1.29. The van der Waals surface area contributed by atoms with Gasteiger partial charge in [0, 0.05) is 0 Å². The van der Waals surface area contributed by atoms with Crippen molar-refractivity contribution in [2.75, 3.05) is 12.0 Å². The highest BCUT2D eigenvalue weighted by Crippen LogP contribution is 2.36. The Kier molecular flexibility index (Phi) is 5.16. The number of benzene rings is 1. The standard InChI is InChI=1S/C18H13NO4S2/c1-22-17(21)13-8-2-3-9-14(13)19-16(20)15(25-18(19)24)10-4-6-12-7-5-11-23-12/h2-11H,1H3/b6-4+,15-10+. The highest BCUT2D eigenvalue weighted by molar-refractivity contribution is 8.27. The van der Waals surface area contributed by atoms with Gasteiger partial charge in [0.2, 0.25) is 0 Å². The van der Waals surface area contributed by atoms with Crippen molar-refractivity contribution in [3.8, 4) is 0 Å². The van der Waals surface area contributed by atoms with Crippen LogP contribution in [0.5, 0.6) is 0 Å². The lowest BCUT2D eigenvalue weighted by molar-refractivity contribution is -0.113. The molecule has 1 aromatic carbocycles. The first-order chi connectivity index (χ1) is 12.1. The lowest BCUT2D eigenvalue weighted by Gasteiger charge is -2.17. The van der Waals surface area contributed by atoms with Crippen LogP contribution in [0.3, 0.4) is 0 Å². The van der Waals surface area contributed by atoms with Gasteiger partial charge in [-0.3, -0.25) is 9.69 Å². The predicted octanol–water partition coefficient (Wildman–Crippen LogP) is 4.03. The molecular formula is C18H13NO4S2. The Morgan fingerprint density at radius 2 is 2.08 bits per heavy atom. The largest absolute Gasteiger partial charge is 0.465 e. The average Bonchev–Trinajstić information content (AvgIpc) is 3.23. The van der Waals surface area contributed by atoms with Crippen molar-refractivity contribution in [2.24, 2.45) is 0 Å². The third-order valence-corrected chi connectivity index (χ3v) is 4.72. The zero-order chi connectivity index (χ0) is 17.8. The number of anilines is 1. The monoisotopic (exact) mass is 371 g/mol. The molecule has 126 valence electrons. The van der Waals surface area contributed by atoms with Crippen LogP contribution in [0.2, 0.25) is 0 Å². The minimum Gasteiger partial charge on any atom is -0.465 e. The third kappa shape index (κ3) is 3.57. The number of para-hydroxylation sites is 1. The van der Waals surface area contributed by atoms with E-state index >= 15 is 0 Å². The predicted molar refractivity (Wildman–Crippen MR) is 101 cm³/mol. The zero-order valence-corrected chi connectivity index (χ0v) is 14.8. The van der Waals surface area contributed by atoms with E-state index in [-0.39, 0.29) is 11.5 Å². The Morgan fingerprint density at radius 1 is 1.28 bits per heavy atom. The Balaban J connectivity index is 1.89. The fourth-order valence-corrected chi connectivity index (χ4v) is 3.49. The van der Waals surface area contributed by atoms with E-state index in [1.54, 1.807) is 54.8 Å². The molecule has 7 heteroatoms. The van der Waals surface area contributed by atoms with Crippen LogP contribution in [0.1, 0.15) is 16.1 Å². The first-order valence-electron chi connectivity index (χ1n) is 7.27. The zero-order valence-electron chi connectivity index (χ0n) is 13.2. The number of carbonyl (C=O) groups excluding carboxylic acids is 2. The first kappa shape index (κ1) is 17.2. The molecule has 3 rings (SSSR count). The molecule has 1 saturated heterocycles. The van der Waals surface area contributed by atoms with Gasteiger partial charge in [-0.25, -0.2) is 4.79 Å². The van der Waals surface area contributed by atoms with Crippen molar-refractivity contribution in [3.63, 3.8) is 0 Å². The lowest BCUT2D eigenvalue weighted by Crippen LogP contribution is -2.29. The van der Waals surface area contributed by atoms with Gasteiger partial charge in [0.05, 0.1) is 29.5 Å². The smallest absolute Gasteiger partial charge is 0.339 e. The summed E-state index contributed by atoms with van der Waals surface area (Å²) in [6.07, 6.45) is 6.71. The second-order valence-electron chi connectivity index (χ2n) is 4.92. The van der Waals surface area contributed by atoms with E-state index in [9.17, 15) is 9.59 Å². The number of nitrogens with zero attached hydrogens (tertiary/aromatic N) is 1. The molecule has 0 saturated carbocycles. The van der Waals surface area contributed by atoms with Gasteiger partial charge in [-0.05, 0) is 36.4 Å². The summed E-state index contributed by atoms with van der Waals surface area (Å²) in [6, 6.07) is 10.3. The number of carbonyl (C=O) groups is 2. The highest BCUT2D eigenvalue weighted by Gasteiger charge is 2.35. The number of methoxy groups -OCH3 is 1. The van der Waals surface area contributed by atoms with Gasteiger partial charge in [-0.2, -0.15) is 0 Å². The number of hydrogen-bond donors (Lipinski definition) is 0. The molecule has 0 radical (unpaired) electrons. The maximum atomic E-state index is 12.7. The molecule has 0 unspecified atom stereocenters. The number of rotatable bonds is 4. The van der Waals surface area contributed by atoms with Crippen LogP contribution in [-0.2, 0) is 9.53 Å². The summed E-state index contributed by atoms with van der Waals surface area (Å²) in [5.41, 5.74) is 0.698. The van der Waals surface area contributed by atoms with Crippen LogP contribution in [0.25, 0.3) is 6.08 Å². The van der Waals surface area contributed by atoms with Crippen molar-refractivity contribution in [1.29, 1.82) is 0 Å². The maximum Gasteiger partial charge on any atom is 0.339 e. The van der Waals surface area contributed by atoms with Crippen LogP contribution in [-0.4, -0.2) is 23.3 Å². The van der Waals surface area contributed by atoms with E-state index in [1.165, 1.54) is 23.8 Å². The van der Waals surface area contributed by atoms with Gasteiger partial charge in [-0.15, -0.1) is 0 Å². The molecule has 1 aliphatic heterocycles. The van der Waals surface area contributed by atoms with Crippen molar-refractivity contribution < 1.29 is 18.7 Å². The molecule has 0 spiro atoms. The number of esters is 1. The fraction of sp³-hybridized carbons (Fsp3) is 0.0556. The van der Waals surface area contributed by atoms with Gasteiger partial charge >= 0.3 is 5.97 Å². The van der Waals surface area contributed by atoms with Crippen molar-refractivity contribution >= 4 is 51.9 Å². The summed E-state index contributed by atoms with van der Waals surface area (Å²) < 4.78 is 10.3. The van der Waals surface area contributed by atoms with E-state index in [4.69, 9.17) is 21.4 Å². The van der Waals surface area contributed by atoms with E-state index in [0.29, 0.717) is 20.7 Å². The minimum atomic E-state index is -0.522. The molecule has 1 aliphatic rings. The molecule has 2 heterocycles. The quantitative estimate of drug-likeness (QED) is 0.459. The van der Waals surface area contributed by atoms with Gasteiger partial charge in [0.25, 0.3) is 5.91 Å². The molecule has 5 nitrogen and oxygen atoms in total. The van der Waals surface area contributed by atoms with Crippen molar-refractivity contribution in [1.82, 2.24) is 0 Å². The van der Waals surface area contributed by atoms with Crippen LogP contribution >= 0.6 is 24.0 Å². The Morgan fingerprint density at radius 3 is 2.80 bits per heavy atom. The molecule has 1 amide bonds. The molecule has 0 bridgehead atoms. The summed E-state index contributed by atoms with van der Waals surface area (Å²) >= 11 is 6.50. The fourth-order valence-electron chi connectivity index (χ4n) is 2.26.